The minimum Gasteiger partial charge on any atom is -0.482 e. The van der Waals surface area contributed by atoms with Gasteiger partial charge in [-0.25, -0.2) is 14.2 Å². The highest BCUT2D eigenvalue weighted by molar-refractivity contribution is 6.30. The molecule has 2 heterocycles. The Balaban J connectivity index is 1.53. The first-order valence-corrected chi connectivity index (χ1v) is 7.15. The standard InChI is InChI=1S/C16H12ClFN2O3/c17-11-4-5-15-19-13(8-20(15)7-11)9-23-16(21)10-22-14-3-1-2-12(18)6-14/h1-8H,9-10H2. The summed E-state index contributed by atoms with van der Waals surface area (Å²) in [6, 6.07) is 9.03. The number of carbonyl (C=O) groups is 1. The number of fused-ring (bicyclic) bond motifs is 1. The summed E-state index contributed by atoms with van der Waals surface area (Å²) >= 11 is 5.89. The molecule has 0 spiro atoms. The van der Waals surface area contributed by atoms with E-state index in [0.717, 1.165) is 0 Å². The summed E-state index contributed by atoms with van der Waals surface area (Å²) in [5.74, 6) is -0.729. The molecule has 0 amide bonds. The van der Waals surface area contributed by atoms with Gasteiger partial charge in [-0.2, -0.15) is 0 Å². The second kappa shape index (κ2) is 6.66. The summed E-state index contributed by atoms with van der Waals surface area (Å²) in [6.07, 6.45) is 3.43. The third-order valence-corrected chi connectivity index (χ3v) is 3.22. The van der Waals surface area contributed by atoms with Gasteiger partial charge in [0.15, 0.2) is 6.61 Å². The number of hydrogen-bond acceptors (Lipinski definition) is 4. The normalized spacial score (nSPS) is 10.7. The van der Waals surface area contributed by atoms with Crippen LogP contribution >= 0.6 is 11.6 Å². The lowest BCUT2D eigenvalue weighted by Crippen LogP contribution is -2.14. The summed E-state index contributed by atoms with van der Waals surface area (Å²) in [6.45, 7) is -0.284. The van der Waals surface area contributed by atoms with Crippen LogP contribution in [-0.2, 0) is 16.1 Å². The second-order valence-corrected chi connectivity index (χ2v) is 5.19. The smallest absolute Gasteiger partial charge is 0.344 e. The van der Waals surface area contributed by atoms with E-state index in [1.807, 2.05) is 0 Å². The number of aromatic nitrogens is 2. The maximum absolute atomic E-state index is 13.0. The molecule has 118 valence electrons. The van der Waals surface area contributed by atoms with Crippen LogP contribution in [0.4, 0.5) is 4.39 Å². The molecule has 0 aliphatic rings. The van der Waals surface area contributed by atoms with E-state index in [0.29, 0.717) is 16.4 Å². The van der Waals surface area contributed by atoms with Gasteiger partial charge in [0.25, 0.3) is 0 Å². The van der Waals surface area contributed by atoms with Crippen molar-refractivity contribution in [2.45, 2.75) is 6.61 Å². The molecule has 0 radical (unpaired) electrons. The number of carbonyl (C=O) groups excluding carboxylic acids is 1. The van der Waals surface area contributed by atoms with Gasteiger partial charge in [0.2, 0.25) is 0 Å². The van der Waals surface area contributed by atoms with Gasteiger partial charge in [-0.15, -0.1) is 0 Å². The molecular weight excluding hydrogens is 323 g/mol. The number of nitrogens with zero attached hydrogens (tertiary/aromatic N) is 2. The zero-order valence-electron chi connectivity index (χ0n) is 11.9. The van der Waals surface area contributed by atoms with Gasteiger partial charge in [-0.1, -0.05) is 17.7 Å². The highest BCUT2D eigenvalue weighted by Gasteiger charge is 2.08. The number of benzene rings is 1. The lowest BCUT2D eigenvalue weighted by Gasteiger charge is -2.06. The van der Waals surface area contributed by atoms with Crippen LogP contribution in [0.1, 0.15) is 5.69 Å². The van der Waals surface area contributed by atoms with Gasteiger partial charge in [0.05, 0.1) is 10.7 Å². The molecular formula is C16H12ClFN2O3. The third-order valence-electron chi connectivity index (χ3n) is 3.00. The Bertz CT molecular complexity index is 850. The lowest BCUT2D eigenvalue weighted by molar-refractivity contribution is -0.147. The zero-order chi connectivity index (χ0) is 16.2. The van der Waals surface area contributed by atoms with Crippen LogP contribution in [0.3, 0.4) is 0 Å². The highest BCUT2D eigenvalue weighted by Crippen LogP contribution is 2.13. The number of esters is 1. The minimum atomic E-state index is -0.565. The van der Waals surface area contributed by atoms with E-state index in [-0.39, 0.29) is 19.0 Å². The van der Waals surface area contributed by atoms with Crippen LogP contribution in [0.5, 0.6) is 5.75 Å². The molecule has 7 heteroatoms. The Hall–Kier alpha value is -2.60. The molecule has 0 aliphatic carbocycles. The molecule has 0 bridgehead atoms. The molecule has 0 fully saturated rings. The van der Waals surface area contributed by atoms with Crippen LogP contribution in [-0.4, -0.2) is 22.0 Å². The zero-order valence-corrected chi connectivity index (χ0v) is 12.7. The van der Waals surface area contributed by atoms with Crippen molar-refractivity contribution in [3.05, 3.63) is 65.3 Å². The minimum absolute atomic E-state index is 0.0185. The molecule has 3 rings (SSSR count). The van der Waals surface area contributed by atoms with Crippen molar-refractivity contribution in [3.8, 4) is 5.75 Å². The largest absolute Gasteiger partial charge is 0.482 e. The van der Waals surface area contributed by atoms with E-state index >= 15 is 0 Å². The number of halogens is 2. The predicted octanol–water partition coefficient (Wildman–Crippen LogP) is 3.25. The molecule has 1 aromatic carbocycles. The van der Waals surface area contributed by atoms with E-state index in [2.05, 4.69) is 4.98 Å². The van der Waals surface area contributed by atoms with Crippen molar-refractivity contribution in [2.24, 2.45) is 0 Å². The fraction of sp³-hybridized carbons (Fsp3) is 0.125. The van der Waals surface area contributed by atoms with Crippen molar-refractivity contribution < 1.29 is 18.7 Å². The summed E-state index contributed by atoms with van der Waals surface area (Å²) in [5.41, 5.74) is 1.29. The molecule has 2 aromatic heterocycles. The molecule has 0 aliphatic heterocycles. The Labute approximate surface area is 136 Å². The van der Waals surface area contributed by atoms with E-state index in [1.54, 1.807) is 35.0 Å². The maximum Gasteiger partial charge on any atom is 0.344 e. The van der Waals surface area contributed by atoms with Crippen LogP contribution in [0, 0.1) is 5.82 Å². The number of rotatable bonds is 5. The van der Waals surface area contributed by atoms with Crippen molar-refractivity contribution in [1.82, 2.24) is 9.38 Å². The summed E-state index contributed by atoms with van der Waals surface area (Å²) in [4.78, 5) is 15.9. The van der Waals surface area contributed by atoms with E-state index in [9.17, 15) is 9.18 Å². The van der Waals surface area contributed by atoms with Crippen molar-refractivity contribution >= 4 is 23.2 Å². The molecule has 0 unspecified atom stereocenters. The lowest BCUT2D eigenvalue weighted by atomic mass is 10.3. The average molecular weight is 335 g/mol. The first-order chi connectivity index (χ1) is 11.1. The fourth-order valence-electron chi connectivity index (χ4n) is 1.98. The topological polar surface area (TPSA) is 52.8 Å². The van der Waals surface area contributed by atoms with Gasteiger partial charge in [0, 0.05) is 18.5 Å². The predicted molar refractivity (Wildman–Crippen MR) is 81.9 cm³/mol. The molecule has 0 atom stereocenters. The van der Waals surface area contributed by atoms with Crippen molar-refractivity contribution in [3.63, 3.8) is 0 Å². The Kier molecular flexibility index (Phi) is 4.43. The molecule has 3 aromatic rings. The number of ether oxygens (including phenoxy) is 2. The Morgan fingerprint density at radius 3 is 2.96 bits per heavy atom. The Morgan fingerprint density at radius 2 is 2.13 bits per heavy atom. The molecule has 23 heavy (non-hydrogen) atoms. The van der Waals surface area contributed by atoms with E-state index in [1.165, 1.54) is 18.2 Å². The second-order valence-electron chi connectivity index (χ2n) is 4.75. The highest BCUT2D eigenvalue weighted by atomic mass is 35.5. The maximum atomic E-state index is 13.0. The van der Waals surface area contributed by atoms with Gasteiger partial charge in [-0.05, 0) is 24.3 Å². The first-order valence-electron chi connectivity index (χ1n) is 6.77. The van der Waals surface area contributed by atoms with Crippen molar-refractivity contribution in [2.75, 3.05) is 6.61 Å². The monoisotopic (exact) mass is 334 g/mol. The number of imidazole rings is 1. The summed E-state index contributed by atoms with van der Waals surface area (Å²) in [5, 5.41) is 0.585. The number of pyridine rings is 1. The third kappa shape index (κ3) is 3.98. The van der Waals surface area contributed by atoms with Crippen molar-refractivity contribution in [1.29, 1.82) is 0 Å². The van der Waals surface area contributed by atoms with Gasteiger partial charge < -0.3 is 13.9 Å². The first kappa shape index (κ1) is 15.3. The van der Waals surface area contributed by atoms with E-state index in [4.69, 9.17) is 21.1 Å². The van der Waals surface area contributed by atoms with Crippen LogP contribution < -0.4 is 4.74 Å². The van der Waals surface area contributed by atoms with Crippen LogP contribution in [0.15, 0.2) is 48.8 Å². The summed E-state index contributed by atoms with van der Waals surface area (Å²) < 4.78 is 24.9. The molecule has 0 saturated heterocycles. The number of hydrogen-bond donors (Lipinski definition) is 0. The quantitative estimate of drug-likeness (QED) is 0.672. The molecule has 0 saturated carbocycles. The molecule has 5 nitrogen and oxygen atoms in total. The fourth-order valence-corrected chi connectivity index (χ4v) is 2.15. The average Bonchev–Trinajstić information content (AvgIpc) is 2.93. The van der Waals surface area contributed by atoms with E-state index < -0.39 is 11.8 Å². The van der Waals surface area contributed by atoms with Gasteiger partial charge in [-0.3, -0.25) is 0 Å². The SMILES string of the molecule is O=C(COc1cccc(F)c1)OCc1cn2cc(Cl)ccc2n1. The Morgan fingerprint density at radius 1 is 1.26 bits per heavy atom. The van der Waals surface area contributed by atoms with Gasteiger partial charge in [0.1, 0.15) is 23.8 Å². The summed E-state index contributed by atoms with van der Waals surface area (Å²) in [7, 11) is 0. The van der Waals surface area contributed by atoms with Crippen LogP contribution in [0.2, 0.25) is 5.02 Å². The van der Waals surface area contributed by atoms with Crippen LogP contribution in [0.25, 0.3) is 5.65 Å². The van der Waals surface area contributed by atoms with Gasteiger partial charge >= 0.3 is 5.97 Å². The molecule has 0 N–H and O–H groups in total.